The van der Waals surface area contributed by atoms with Crippen LogP contribution in [0.5, 0.6) is 17.2 Å². The van der Waals surface area contributed by atoms with E-state index in [0.717, 1.165) is 11.0 Å². The number of imidazole rings is 1. The Morgan fingerprint density at radius 1 is 0.941 bits per heavy atom. The van der Waals surface area contributed by atoms with Gasteiger partial charge in [-0.3, -0.25) is 5.41 Å². The Bertz CT molecular complexity index is 1390. The number of nitrogens with zero attached hydrogens (tertiary/aromatic N) is 2. The molecule has 1 aliphatic rings. The summed E-state index contributed by atoms with van der Waals surface area (Å²) in [6.45, 7) is 1.82. The molecule has 172 valence electrons. The van der Waals surface area contributed by atoms with E-state index in [4.69, 9.17) is 14.9 Å². The van der Waals surface area contributed by atoms with E-state index in [1.807, 2.05) is 31.2 Å². The zero-order chi connectivity index (χ0) is 24.0. The van der Waals surface area contributed by atoms with Crippen LogP contribution in [0, 0.1) is 5.41 Å². The molecule has 0 aliphatic carbocycles. The number of H-pyrrole nitrogens is 1. The summed E-state index contributed by atoms with van der Waals surface area (Å²) in [5.41, 5.74) is 1.93. The molecule has 0 radical (unpaired) electrons. The van der Waals surface area contributed by atoms with Crippen molar-refractivity contribution in [3.05, 3.63) is 83.9 Å². The van der Waals surface area contributed by atoms with Crippen molar-refractivity contribution in [3.8, 4) is 17.2 Å². The summed E-state index contributed by atoms with van der Waals surface area (Å²) in [6, 6.07) is 19.4. The van der Waals surface area contributed by atoms with E-state index < -0.39 is 5.54 Å². The lowest BCUT2D eigenvalue weighted by Crippen LogP contribution is -2.43. The Balaban J connectivity index is 1.76. The van der Waals surface area contributed by atoms with Gasteiger partial charge in [0.2, 0.25) is 0 Å². The number of phenols is 1. The van der Waals surface area contributed by atoms with Crippen LogP contribution in [0.15, 0.2) is 72.5 Å². The smallest absolute Gasteiger partial charge is 0.145 e. The Labute approximate surface area is 196 Å². The number of aromatic amines is 1. The van der Waals surface area contributed by atoms with Crippen molar-refractivity contribution in [1.29, 1.82) is 5.41 Å². The first-order chi connectivity index (χ1) is 16.4. The van der Waals surface area contributed by atoms with Crippen LogP contribution in [-0.4, -0.2) is 40.2 Å². The minimum atomic E-state index is -1.17. The largest absolute Gasteiger partial charge is 0.509 e. The highest BCUT2D eigenvalue weighted by Crippen LogP contribution is 2.49. The first kappa shape index (κ1) is 21.4. The predicted octanol–water partition coefficient (Wildman–Crippen LogP) is 4.97. The third-order valence-electron chi connectivity index (χ3n) is 6.26. The lowest BCUT2D eigenvalue weighted by Gasteiger charge is -2.37. The number of para-hydroxylation sites is 2. The zero-order valence-corrected chi connectivity index (χ0v) is 19.0. The summed E-state index contributed by atoms with van der Waals surface area (Å²) >= 11 is 0. The second kappa shape index (κ2) is 7.84. The van der Waals surface area contributed by atoms with Crippen LogP contribution in [0.4, 0.5) is 5.69 Å². The molecule has 5 rings (SSSR count). The first-order valence-electron chi connectivity index (χ1n) is 10.7. The molecule has 3 aromatic carbocycles. The fraction of sp³-hybridized carbons (Fsp3) is 0.154. The van der Waals surface area contributed by atoms with Gasteiger partial charge < -0.3 is 29.6 Å². The molecule has 0 saturated carbocycles. The molecule has 4 aromatic rings. The summed E-state index contributed by atoms with van der Waals surface area (Å²) in [5.74, 6) is 1.62. The SMILES string of the molecule is COc1cc(OC)cc(N2C(=N)C(c3nc4ccccc4[nH]3)=C(O)C2(C)c2ccc(O)cc2)c1. The van der Waals surface area contributed by atoms with E-state index in [0.29, 0.717) is 28.6 Å². The molecule has 0 fully saturated rings. The molecular weight excluding hydrogens is 432 g/mol. The molecule has 2 heterocycles. The van der Waals surface area contributed by atoms with Gasteiger partial charge in [0, 0.05) is 18.2 Å². The van der Waals surface area contributed by atoms with Crippen molar-refractivity contribution in [1.82, 2.24) is 9.97 Å². The summed E-state index contributed by atoms with van der Waals surface area (Å²) < 4.78 is 10.9. The van der Waals surface area contributed by atoms with E-state index in [1.54, 1.807) is 61.6 Å². The molecule has 1 unspecified atom stereocenters. The standard InChI is InChI=1S/C26H24N4O4/c1-26(15-8-10-17(31)11-9-15)23(32)22(25-28-20-6-4-5-7-21(20)29-25)24(27)30(26)16-12-18(33-2)14-19(13-16)34-3/h4-14,27,31-32H,1-3H3,(H,28,29). The Morgan fingerprint density at radius 2 is 1.59 bits per heavy atom. The van der Waals surface area contributed by atoms with Crippen molar-refractivity contribution in [3.63, 3.8) is 0 Å². The molecule has 0 spiro atoms. The monoisotopic (exact) mass is 456 g/mol. The number of anilines is 1. The van der Waals surface area contributed by atoms with Crippen molar-refractivity contribution in [2.45, 2.75) is 12.5 Å². The van der Waals surface area contributed by atoms with E-state index in [2.05, 4.69) is 9.97 Å². The van der Waals surface area contributed by atoms with E-state index in [1.165, 1.54) is 0 Å². The number of aliphatic hydroxyl groups is 1. The molecule has 0 saturated heterocycles. The van der Waals surface area contributed by atoms with E-state index >= 15 is 0 Å². The van der Waals surface area contributed by atoms with Gasteiger partial charge in [-0.2, -0.15) is 0 Å². The van der Waals surface area contributed by atoms with Gasteiger partial charge >= 0.3 is 0 Å². The fourth-order valence-electron chi connectivity index (χ4n) is 4.45. The highest BCUT2D eigenvalue weighted by Gasteiger charge is 2.50. The van der Waals surface area contributed by atoms with Gasteiger partial charge in [-0.25, -0.2) is 4.98 Å². The number of aromatic hydroxyl groups is 1. The minimum Gasteiger partial charge on any atom is -0.509 e. The third-order valence-corrected chi connectivity index (χ3v) is 6.26. The number of phenolic OH excluding ortho intramolecular Hbond substituents is 1. The number of fused-ring (bicyclic) bond motifs is 1. The number of aromatic nitrogens is 2. The Kier molecular flexibility index (Phi) is 4.93. The molecule has 8 heteroatoms. The number of hydrogen-bond acceptors (Lipinski definition) is 6. The summed E-state index contributed by atoms with van der Waals surface area (Å²) in [5, 5.41) is 30.7. The average Bonchev–Trinajstić information content (AvgIpc) is 3.35. The number of amidine groups is 1. The van der Waals surface area contributed by atoms with Crippen LogP contribution >= 0.6 is 0 Å². The van der Waals surface area contributed by atoms with Crippen molar-refractivity contribution in [2.75, 3.05) is 19.1 Å². The lowest BCUT2D eigenvalue weighted by atomic mass is 9.88. The molecular formula is C26H24N4O4. The van der Waals surface area contributed by atoms with Crippen LogP contribution in [0.1, 0.15) is 18.3 Å². The van der Waals surface area contributed by atoms with Crippen molar-refractivity contribution >= 4 is 28.1 Å². The maximum Gasteiger partial charge on any atom is 0.145 e. The molecule has 8 nitrogen and oxygen atoms in total. The van der Waals surface area contributed by atoms with Crippen molar-refractivity contribution < 1.29 is 19.7 Å². The highest BCUT2D eigenvalue weighted by atomic mass is 16.5. The summed E-state index contributed by atoms with van der Waals surface area (Å²) in [6.07, 6.45) is 0. The van der Waals surface area contributed by atoms with Crippen LogP contribution in [0.3, 0.4) is 0 Å². The Morgan fingerprint density at radius 3 is 2.21 bits per heavy atom. The second-order valence-electron chi connectivity index (χ2n) is 8.20. The van der Waals surface area contributed by atoms with Gasteiger partial charge in [0.1, 0.15) is 40.2 Å². The number of methoxy groups -OCH3 is 2. The number of hydrogen-bond donors (Lipinski definition) is 4. The normalized spacial score (nSPS) is 18.1. The summed E-state index contributed by atoms with van der Waals surface area (Å²) in [7, 11) is 3.12. The first-order valence-corrected chi connectivity index (χ1v) is 10.7. The zero-order valence-electron chi connectivity index (χ0n) is 19.0. The predicted molar refractivity (Wildman–Crippen MR) is 131 cm³/mol. The van der Waals surface area contributed by atoms with E-state index in [-0.39, 0.29) is 22.9 Å². The highest BCUT2D eigenvalue weighted by molar-refractivity contribution is 6.31. The number of rotatable bonds is 5. The van der Waals surface area contributed by atoms with E-state index in [9.17, 15) is 10.2 Å². The summed E-state index contributed by atoms with van der Waals surface area (Å²) in [4.78, 5) is 9.57. The van der Waals surface area contributed by atoms with Gasteiger partial charge in [0.25, 0.3) is 0 Å². The quantitative estimate of drug-likeness (QED) is 0.337. The maximum atomic E-state index is 11.7. The van der Waals surface area contributed by atoms with Gasteiger partial charge in [-0.15, -0.1) is 0 Å². The third kappa shape index (κ3) is 3.14. The van der Waals surface area contributed by atoms with Gasteiger partial charge in [-0.05, 0) is 36.8 Å². The van der Waals surface area contributed by atoms with Crippen LogP contribution in [-0.2, 0) is 5.54 Å². The number of ether oxygens (including phenoxy) is 2. The Hall–Kier alpha value is -4.46. The van der Waals surface area contributed by atoms with Gasteiger partial charge in [0.15, 0.2) is 0 Å². The van der Waals surface area contributed by atoms with Crippen LogP contribution < -0.4 is 14.4 Å². The molecule has 0 amide bonds. The molecule has 1 atom stereocenters. The van der Waals surface area contributed by atoms with Crippen molar-refractivity contribution in [2.24, 2.45) is 0 Å². The molecule has 0 bridgehead atoms. The topological polar surface area (TPSA) is 115 Å². The average molecular weight is 457 g/mol. The van der Waals surface area contributed by atoms with Gasteiger partial charge in [0.05, 0.1) is 36.5 Å². The maximum absolute atomic E-state index is 11.7. The molecule has 4 N–H and O–H groups in total. The number of aliphatic hydroxyl groups excluding tert-OH is 1. The lowest BCUT2D eigenvalue weighted by molar-refractivity contribution is 0.323. The second-order valence-corrected chi connectivity index (χ2v) is 8.20. The van der Waals surface area contributed by atoms with Gasteiger partial charge in [-0.1, -0.05) is 24.3 Å². The van der Waals surface area contributed by atoms with Crippen LogP contribution in [0.2, 0.25) is 0 Å². The minimum absolute atomic E-state index is 0.0379. The molecule has 1 aliphatic heterocycles. The van der Waals surface area contributed by atoms with Crippen LogP contribution in [0.25, 0.3) is 16.6 Å². The molecule has 1 aromatic heterocycles. The number of benzene rings is 3. The fourth-order valence-corrected chi connectivity index (χ4v) is 4.45. The molecule has 34 heavy (non-hydrogen) atoms. The number of nitrogens with one attached hydrogen (secondary N) is 2.